The van der Waals surface area contributed by atoms with Gasteiger partial charge in [-0.3, -0.25) is 14.6 Å². The highest BCUT2D eigenvalue weighted by molar-refractivity contribution is 5.96. The van der Waals surface area contributed by atoms with Crippen molar-refractivity contribution in [1.29, 1.82) is 0 Å². The molecule has 1 saturated carbocycles. The van der Waals surface area contributed by atoms with Gasteiger partial charge in [-0.05, 0) is 44.0 Å². The number of amides is 2. The summed E-state index contributed by atoms with van der Waals surface area (Å²) in [6, 6.07) is 12.6. The second-order valence-corrected chi connectivity index (χ2v) is 7.08. The van der Waals surface area contributed by atoms with Crippen LogP contribution in [0, 0.1) is 12.8 Å². The molecule has 0 unspecified atom stereocenters. The number of hydrogen-bond donors (Lipinski definition) is 2. The number of nitrogens with zero attached hydrogens (tertiary/aromatic N) is 2. The zero-order chi connectivity index (χ0) is 20.2. The second kappa shape index (κ2) is 8.26. The Kier molecular flexibility index (Phi) is 5.37. The van der Waals surface area contributed by atoms with Crippen LogP contribution in [-0.2, 0) is 11.3 Å². The summed E-state index contributed by atoms with van der Waals surface area (Å²) in [5, 5.41) is 5.80. The Morgan fingerprint density at radius 1 is 1.14 bits per heavy atom. The van der Waals surface area contributed by atoms with Crippen molar-refractivity contribution in [2.45, 2.75) is 32.7 Å². The average molecular weight is 390 g/mol. The molecule has 1 fully saturated rings. The minimum Gasteiger partial charge on any atom is -0.441 e. The number of nitrogens with one attached hydrogen (secondary N) is 2. The number of para-hydroxylation sites is 1. The van der Waals surface area contributed by atoms with Crippen LogP contribution in [0.3, 0.4) is 0 Å². The van der Waals surface area contributed by atoms with Crippen LogP contribution in [0.5, 0.6) is 0 Å². The lowest BCUT2D eigenvalue weighted by molar-refractivity contribution is -0.122. The second-order valence-electron chi connectivity index (χ2n) is 7.08. The maximum Gasteiger partial charge on any atom is 0.270 e. The fraction of sp³-hybridized carbons (Fsp3) is 0.273. The summed E-state index contributed by atoms with van der Waals surface area (Å²) in [5.41, 5.74) is 2.36. The van der Waals surface area contributed by atoms with Crippen molar-refractivity contribution < 1.29 is 14.0 Å². The summed E-state index contributed by atoms with van der Waals surface area (Å²) in [5.74, 6) is 0.875. The summed E-state index contributed by atoms with van der Waals surface area (Å²) >= 11 is 0. The first-order valence-corrected chi connectivity index (χ1v) is 9.67. The van der Waals surface area contributed by atoms with Crippen LogP contribution in [0.4, 0.5) is 5.69 Å². The van der Waals surface area contributed by atoms with Gasteiger partial charge in [-0.15, -0.1) is 0 Å². The number of carbonyl (C=O) groups excluding carboxylic acids is 2. The molecule has 0 spiro atoms. The molecule has 0 aliphatic heterocycles. The highest BCUT2D eigenvalue weighted by Crippen LogP contribution is 2.32. The maximum atomic E-state index is 12.3. The predicted octanol–water partition coefficient (Wildman–Crippen LogP) is 3.71. The molecule has 1 aliphatic carbocycles. The van der Waals surface area contributed by atoms with E-state index in [9.17, 15) is 9.59 Å². The van der Waals surface area contributed by atoms with Gasteiger partial charge in [0.25, 0.3) is 5.91 Å². The van der Waals surface area contributed by atoms with Gasteiger partial charge in [0.2, 0.25) is 11.8 Å². The van der Waals surface area contributed by atoms with Gasteiger partial charge in [-0.1, -0.05) is 24.6 Å². The molecule has 1 aliphatic rings. The fourth-order valence-corrected chi connectivity index (χ4v) is 3.14. The molecule has 2 heterocycles. The van der Waals surface area contributed by atoms with Crippen LogP contribution < -0.4 is 10.6 Å². The van der Waals surface area contributed by atoms with E-state index in [0.29, 0.717) is 34.3 Å². The molecule has 0 bridgehead atoms. The van der Waals surface area contributed by atoms with E-state index >= 15 is 0 Å². The standard InChI is InChI=1S/C22H22N4O3/c1-14-19(13-24-21(28)18-11-4-5-12-23-18)26-22(29-14)16-9-2-3-10-17(16)25-20(27)15-7-6-8-15/h2-5,9-12,15H,6-8,13H2,1H3,(H,24,28)(H,25,27). The minimum absolute atomic E-state index is 0.0369. The van der Waals surface area contributed by atoms with Gasteiger partial charge in [-0.25, -0.2) is 4.98 Å². The SMILES string of the molecule is Cc1oc(-c2ccccc2NC(=O)C2CCC2)nc1CNC(=O)c1ccccn1. The number of carbonyl (C=O) groups is 2. The molecule has 0 saturated heterocycles. The number of aromatic nitrogens is 2. The van der Waals surface area contributed by atoms with Crippen molar-refractivity contribution in [1.82, 2.24) is 15.3 Å². The third-order valence-electron chi connectivity index (χ3n) is 5.10. The molecule has 1 aromatic carbocycles. The lowest BCUT2D eigenvalue weighted by Crippen LogP contribution is -2.28. The van der Waals surface area contributed by atoms with Crippen LogP contribution in [0.1, 0.15) is 41.2 Å². The Morgan fingerprint density at radius 2 is 1.93 bits per heavy atom. The number of aryl methyl sites for hydroxylation is 1. The van der Waals surface area contributed by atoms with E-state index in [2.05, 4.69) is 20.6 Å². The first-order valence-electron chi connectivity index (χ1n) is 9.67. The van der Waals surface area contributed by atoms with Crippen molar-refractivity contribution >= 4 is 17.5 Å². The molecule has 29 heavy (non-hydrogen) atoms. The molecule has 3 aromatic rings. The molecule has 2 amide bonds. The van der Waals surface area contributed by atoms with E-state index in [-0.39, 0.29) is 24.3 Å². The highest BCUT2D eigenvalue weighted by Gasteiger charge is 2.26. The van der Waals surface area contributed by atoms with Crippen LogP contribution in [-0.4, -0.2) is 21.8 Å². The normalized spacial score (nSPS) is 13.6. The number of benzene rings is 1. The van der Waals surface area contributed by atoms with Gasteiger partial charge in [0, 0.05) is 12.1 Å². The summed E-state index contributed by atoms with van der Waals surface area (Å²) in [4.78, 5) is 33.1. The van der Waals surface area contributed by atoms with Crippen molar-refractivity contribution in [3.05, 3.63) is 65.8 Å². The summed E-state index contributed by atoms with van der Waals surface area (Å²) in [7, 11) is 0. The van der Waals surface area contributed by atoms with Crippen LogP contribution in [0.15, 0.2) is 53.1 Å². The van der Waals surface area contributed by atoms with E-state index in [0.717, 1.165) is 19.3 Å². The third kappa shape index (κ3) is 4.18. The molecule has 0 atom stereocenters. The first-order chi connectivity index (χ1) is 14.1. The molecule has 4 rings (SSSR count). The van der Waals surface area contributed by atoms with E-state index < -0.39 is 0 Å². The van der Waals surface area contributed by atoms with Gasteiger partial charge >= 0.3 is 0 Å². The number of hydrogen-bond acceptors (Lipinski definition) is 5. The number of rotatable bonds is 6. The smallest absolute Gasteiger partial charge is 0.270 e. The van der Waals surface area contributed by atoms with Crippen LogP contribution >= 0.6 is 0 Å². The number of anilines is 1. The zero-order valence-corrected chi connectivity index (χ0v) is 16.1. The maximum absolute atomic E-state index is 12.3. The minimum atomic E-state index is -0.275. The summed E-state index contributed by atoms with van der Waals surface area (Å²) in [6.45, 7) is 2.02. The zero-order valence-electron chi connectivity index (χ0n) is 16.1. The van der Waals surface area contributed by atoms with E-state index in [4.69, 9.17) is 4.42 Å². The lowest BCUT2D eigenvalue weighted by atomic mass is 9.85. The number of pyridine rings is 1. The first kappa shape index (κ1) is 18.9. The van der Waals surface area contributed by atoms with Crippen molar-refractivity contribution in [2.24, 2.45) is 5.92 Å². The van der Waals surface area contributed by atoms with Crippen molar-refractivity contribution in [3.63, 3.8) is 0 Å². The predicted molar refractivity (Wildman–Crippen MR) is 108 cm³/mol. The molecule has 7 nitrogen and oxygen atoms in total. The van der Waals surface area contributed by atoms with Crippen LogP contribution in [0.2, 0.25) is 0 Å². The largest absolute Gasteiger partial charge is 0.441 e. The third-order valence-corrected chi connectivity index (χ3v) is 5.10. The Bertz CT molecular complexity index is 1030. The molecular formula is C22H22N4O3. The quantitative estimate of drug-likeness (QED) is 0.669. The Labute approximate surface area is 168 Å². The van der Waals surface area contributed by atoms with E-state index in [1.54, 1.807) is 31.3 Å². The molecule has 7 heteroatoms. The Balaban J connectivity index is 1.49. The molecule has 148 valence electrons. The Hall–Kier alpha value is -3.48. The van der Waals surface area contributed by atoms with Gasteiger partial charge in [0.05, 0.1) is 17.8 Å². The van der Waals surface area contributed by atoms with Gasteiger partial charge in [0.1, 0.15) is 17.1 Å². The molecular weight excluding hydrogens is 368 g/mol. The number of oxazole rings is 1. The summed E-state index contributed by atoms with van der Waals surface area (Å²) < 4.78 is 5.83. The molecule has 2 aromatic heterocycles. The van der Waals surface area contributed by atoms with E-state index in [1.807, 2.05) is 24.3 Å². The average Bonchev–Trinajstić information content (AvgIpc) is 3.06. The Morgan fingerprint density at radius 3 is 2.66 bits per heavy atom. The fourth-order valence-electron chi connectivity index (χ4n) is 3.14. The highest BCUT2D eigenvalue weighted by atomic mass is 16.4. The van der Waals surface area contributed by atoms with Crippen molar-refractivity contribution in [2.75, 3.05) is 5.32 Å². The van der Waals surface area contributed by atoms with E-state index in [1.165, 1.54) is 0 Å². The van der Waals surface area contributed by atoms with Crippen molar-refractivity contribution in [3.8, 4) is 11.5 Å². The summed E-state index contributed by atoms with van der Waals surface area (Å²) in [6.07, 6.45) is 4.55. The topological polar surface area (TPSA) is 97.1 Å². The molecule has 0 radical (unpaired) electrons. The van der Waals surface area contributed by atoms with Crippen LogP contribution in [0.25, 0.3) is 11.5 Å². The monoisotopic (exact) mass is 390 g/mol. The van der Waals surface area contributed by atoms with Gasteiger partial charge in [0.15, 0.2) is 0 Å². The lowest BCUT2D eigenvalue weighted by Gasteiger charge is -2.24. The van der Waals surface area contributed by atoms with Gasteiger partial charge in [-0.2, -0.15) is 0 Å². The molecule has 2 N–H and O–H groups in total. The van der Waals surface area contributed by atoms with Gasteiger partial charge < -0.3 is 15.1 Å².